The molecule has 1 aliphatic heterocycles. The van der Waals surface area contributed by atoms with Crippen LogP contribution in [0, 0.1) is 0 Å². The molecule has 1 atom stereocenters. The second kappa shape index (κ2) is 6.71. The van der Waals surface area contributed by atoms with Gasteiger partial charge in [0, 0.05) is 26.0 Å². The fraction of sp³-hybridized carbons (Fsp3) is 0.615. The van der Waals surface area contributed by atoms with Crippen molar-refractivity contribution in [1.29, 1.82) is 0 Å². The fourth-order valence-electron chi connectivity index (χ4n) is 2.61. The predicted molar refractivity (Wildman–Crippen MR) is 76.3 cm³/mol. The molecule has 0 spiro atoms. The van der Waals surface area contributed by atoms with Crippen molar-refractivity contribution in [3.63, 3.8) is 0 Å². The third kappa shape index (κ3) is 4.19. The number of hydrogen-bond donors (Lipinski definition) is 2. The van der Waals surface area contributed by atoms with Gasteiger partial charge >= 0.3 is 6.18 Å². The molecule has 6 nitrogen and oxygen atoms in total. The molecule has 2 N–H and O–H groups in total. The molecule has 130 valence electrons. The third-order valence-electron chi connectivity index (χ3n) is 3.73. The average Bonchev–Trinajstić information content (AvgIpc) is 2.94. The number of hydrogen-bond acceptors (Lipinski definition) is 5. The molecule has 10 heteroatoms. The number of rotatable bonds is 6. The van der Waals surface area contributed by atoms with Crippen molar-refractivity contribution in [2.45, 2.75) is 29.5 Å². The van der Waals surface area contributed by atoms with Gasteiger partial charge in [-0.05, 0) is 25.5 Å². The van der Waals surface area contributed by atoms with Crippen molar-refractivity contribution >= 4 is 10.0 Å². The van der Waals surface area contributed by atoms with Crippen molar-refractivity contribution in [3.05, 3.63) is 24.0 Å². The number of ether oxygens (including phenoxy) is 1. The summed E-state index contributed by atoms with van der Waals surface area (Å²) in [5.74, 6) is 0. The molecule has 1 aromatic rings. The monoisotopic (exact) mass is 353 g/mol. The number of nitrogens with one attached hydrogen (secondary N) is 2. The Kier molecular flexibility index (Phi) is 5.29. The summed E-state index contributed by atoms with van der Waals surface area (Å²) in [5, 5.41) is 3.15. The molecule has 0 aliphatic carbocycles. The zero-order chi connectivity index (χ0) is 17.1. The van der Waals surface area contributed by atoms with E-state index in [0.29, 0.717) is 25.2 Å². The Bertz CT molecular complexity index is 643. The highest BCUT2D eigenvalue weighted by molar-refractivity contribution is 7.89. The van der Waals surface area contributed by atoms with Crippen LogP contribution in [0.25, 0.3) is 0 Å². The van der Waals surface area contributed by atoms with Gasteiger partial charge in [0.2, 0.25) is 10.0 Å². The van der Waals surface area contributed by atoms with E-state index in [1.54, 1.807) is 0 Å². The summed E-state index contributed by atoms with van der Waals surface area (Å²) in [6, 6.07) is 0.646. The highest BCUT2D eigenvalue weighted by Gasteiger charge is 2.39. The van der Waals surface area contributed by atoms with E-state index in [4.69, 9.17) is 4.74 Å². The van der Waals surface area contributed by atoms with E-state index in [1.165, 1.54) is 7.11 Å². The summed E-state index contributed by atoms with van der Waals surface area (Å²) in [4.78, 5) is 2.62. The smallest absolute Gasteiger partial charge is 0.383 e. The number of halogens is 3. The molecule has 1 aliphatic rings. The molecule has 0 bridgehead atoms. The van der Waals surface area contributed by atoms with Crippen molar-refractivity contribution in [2.24, 2.45) is 0 Å². The van der Waals surface area contributed by atoms with Crippen LogP contribution in [-0.2, 0) is 20.9 Å². The van der Waals surface area contributed by atoms with Crippen LogP contribution in [0.15, 0.2) is 23.4 Å². The number of pyridine rings is 1. The first-order valence-corrected chi connectivity index (χ1v) is 8.43. The molecule has 1 fully saturated rings. The molecule has 0 saturated carbocycles. The topological polar surface area (TPSA) is 80.3 Å². The van der Waals surface area contributed by atoms with E-state index in [1.807, 2.05) is 0 Å². The van der Waals surface area contributed by atoms with Crippen LogP contribution in [0.1, 0.15) is 18.4 Å². The lowest BCUT2D eigenvalue weighted by molar-refractivity contribution is -0.140. The standard InChI is InChI=1S/C13H18F3N3O3S/c1-22-9-12(4-2-5-18-12)8-19-23(20,21)11-7-17-6-3-10(11)13(14,15)16/h3,6-7,18-19H,2,4-5,8-9H2,1H3. The minimum atomic E-state index is -4.77. The molecule has 2 rings (SSSR count). The van der Waals surface area contributed by atoms with Crippen LogP contribution in [0.5, 0.6) is 0 Å². The second-order valence-corrected chi connectivity index (χ2v) is 7.17. The van der Waals surface area contributed by atoms with E-state index in [0.717, 1.165) is 12.6 Å². The first-order valence-electron chi connectivity index (χ1n) is 6.95. The Balaban J connectivity index is 2.23. The van der Waals surface area contributed by atoms with E-state index in [2.05, 4.69) is 15.0 Å². The van der Waals surface area contributed by atoms with E-state index < -0.39 is 32.2 Å². The van der Waals surface area contributed by atoms with Gasteiger partial charge in [-0.3, -0.25) is 4.98 Å². The quantitative estimate of drug-likeness (QED) is 0.802. The number of methoxy groups -OCH3 is 1. The Hall–Kier alpha value is -1.23. The van der Waals surface area contributed by atoms with Gasteiger partial charge in [0.25, 0.3) is 0 Å². The molecule has 0 aromatic carbocycles. The summed E-state index contributed by atoms with van der Waals surface area (Å²) in [5.41, 5.74) is -1.84. The molecule has 0 amide bonds. The Morgan fingerprint density at radius 1 is 1.48 bits per heavy atom. The van der Waals surface area contributed by atoms with Gasteiger partial charge < -0.3 is 10.1 Å². The van der Waals surface area contributed by atoms with Crippen molar-refractivity contribution in [2.75, 3.05) is 26.8 Å². The maximum Gasteiger partial charge on any atom is 0.417 e. The molecule has 23 heavy (non-hydrogen) atoms. The number of nitrogens with zero attached hydrogens (tertiary/aromatic N) is 1. The maximum absolute atomic E-state index is 13.0. The lowest BCUT2D eigenvalue weighted by Crippen LogP contribution is -2.53. The molecule has 1 unspecified atom stereocenters. The van der Waals surface area contributed by atoms with E-state index in [-0.39, 0.29) is 13.2 Å². The van der Waals surface area contributed by atoms with Gasteiger partial charge in [-0.2, -0.15) is 13.2 Å². The first-order chi connectivity index (χ1) is 10.7. The highest BCUT2D eigenvalue weighted by Crippen LogP contribution is 2.33. The van der Waals surface area contributed by atoms with E-state index in [9.17, 15) is 21.6 Å². The summed E-state index contributed by atoms with van der Waals surface area (Å²) < 4.78 is 70.8. The first kappa shape index (κ1) is 18.1. The highest BCUT2D eigenvalue weighted by atomic mass is 32.2. The van der Waals surface area contributed by atoms with Gasteiger partial charge in [-0.25, -0.2) is 13.1 Å². The Morgan fingerprint density at radius 3 is 2.78 bits per heavy atom. The van der Waals surface area contributed by atoms with Crippen LogP contribution in [0.3, 0.4) is 0 Å². The van der Waals surface area contributed by atoms with Crippen molar-refractivity contribution < 1.29 is 26.3 Å². The molecule has 2 heterocycles. The molecule has 0 radical (unpaired) electrons. The molecular weight excluding hydrogens is 335 g/mol. The number of aromatic nitrogens is 1. The molecular formula is C13H18F3N3O3S. The van der Waals surface area contributed by atoms with Gasteiger partial charge in [0.1, 0.15) is 4.90 Å². The second-order valence-electron chi connectivity index (χ2n) is 5.44. The Labute approximate surface area is 132 Å². The van der Waals surface area contributed by atoms with Crippen LogP contribution in [-0.4, -0.2) is 45.7 Å². The minimum absolute atomic E-state index is 0.0602. The van der Waals surface area contributed by atoms with Crippen LogP contribution in [0.2, 0.25) is 0 Å². The van der Waals surface area contributed by atoms with Gasteiger partial charge in [-0.1, -0.05) is 0 Å². The lowest BCUT2D eigenvalue weighted by atomic mass is 9.99. The third-order valence-corrected chi connectivity index (χ3v) is 5.16. The molecule has 1 aromatic heterocycles. The minimum Gasteiger partial charge on any atom is -0.383 e. The zero-order valence-electron chi connectivity index (χ0n) is 12.5. The lowest BCUT2D eigenvalue weighted by Gasteiger charge is -2.29. The molecule has 1 saturated heterocycles. The summed E-state index contributed by atoms with van der Waals surface area (Å²) >= 11 is 0. The fourth-order valence-corrected chi connectivity index (χ4v) is 3.90. The van der Waals surface area contributed by atoms with Crippen LogP contribution in [0.4, 0.5) is 13.2 Å². The number of sulfonamides is 1. The summed E-state index contributed by atoms with van der Waals surface area (Å²) in [6.45, 7) is 0.899. The zero-order valence-corrected chi connectivity index (χ0v) is 13.3. The Morgan fingerprint density at radius 2 is 2.22 bits per heavy atom. The SMILES string of the molecule is COCC1(CNS(=O)(=O)c2cnccc2C(F)(F)F)CCCN1. The number of alkyl halides is 3. The van der Waals surface area contributed by atoms with Crippen LogP contribution >= 0.6 is 0 Å². The van der Waals surface area contributed by atoms with Gasteiger partial charge in [0.15, 0.2) is 0 Å². The van der Waals surface area contributed by atoms with Crippen molar-refractivity contribution in [3.8, 4) is 0 Å². The van der Waals surface area contributed by atoms with Crippen LogP contribution < -0.4 is 10.0 Å². The van der Waals surface area contributed by atoms with Gasteiger partial charge in [0.05, 0.1) is 17.7 Å². The summed E-state index contributed by atoms with van der Waals surface area (Å²) in [7, 11) is -2.86. The maximum atomic E-state index is 13.0. The van der Waals surface area contributed by atoms with Crippen molar-refractivity contribution in [1.82, 2.24) is 15.0 Å². The average molecular weight is 353 g/mol. The van der Waals surface area contributed by atoms with E-state index >= 15 is 0 Å². The summed E-state index contributed by atoms with van der Waals surface area (Å²) in [6.07, 6.45) is -1.65. The predicted octanol–water partition coefficient (Wildman–Crippen LogP) is 1.15. The largest absolute Gasteiger partial charge is 0.417 e. The normalized spacial score (nSPS) is 22.4. The van der Waals surface area contributed by atoms with Gasteiger partial charge in [-0.15, -0.1) is 0 Å².